The first-order chi connectivity index (χ1) is 6.02. The van der Waals surface area contributed by atoms with Gasteiger partial charge in [-0.15, -0.1) is 0 Å². The molecule has 0 saturated heterocycles. The van der Waals surface area contributed by atoms with Gasteiger partial charge in [-0.1, -0.05) is 27.7 Å². The molecule has 0 saturated carbocycles. The average Bonchev–Trinajstić information content (AvgIpc) is 2.00. The summed E-state index contributed by atoms with van der Waals surface area (Å²) in [7, 11) is 0. The Morgan fingerprint density at radius 3 is 2.08 bits per heavy atom. The summed E-state index contributed by atoms with van der Waals surface area (Å²) in [5, 5.41) is 0. The van der Waals surface area contributed by atoms with Gasteiger partial charge in [-0.05, 0) is 18.8 Å². The summed E-state index contributed by atoms with van der Waals surface area (Å²) in [5.74, 6) is 1.27. The van der Waals surface area contributed by atoms with Crippen molar-refractivity contribution in [3.8, 4) is 0 Å². The normalized spacial score (nSPS) is 13.6. The number of rotatable bonds is 5. The van der Waals surface area contributed by atoms with Gasteiger partial charge < -0.3 is 0 Å². The number of nitrogens with zero attached hydrogens (tertiary/aromatic N) is 2. The molecule has 0 heterocycles. The van der Waals surface area contributed by atoms with Crippen molar-refractivity contribution in [3.05, 3.63) is 0 Å². The minimum absolute atomic E-state index is 0.633. The van der Waals surface area contributed by atoms with Crippen molar-refractivity contribution < 1.29 is 0 Å². The maximum atomic E-state index is 4.39. The Kier molecular flexibility index (Phi) is 6.47. The first-order valence-electron chi connectivity index (χ1n) is 5.03. The summed E-state index contributed by atoms with van der Waals surface area (Å²) in [6, 6.07) is 0. The largest absolute Gasteiger partial charge is 0.291 e. The third kappa shape index (κ3) is 9.25. The van der Waals surface area contributed by atoms with E-state index in [-0.39, 0.29) is 0 Å². The Bertz CT molecular complexity index is 179. The fourth-order valence-electron chi connectivity index (χ4n) is 0.763. The lowest BCUT2D eigenvalue weighted by Gasteiger charge is -1.99. The highest BCUT2D eigenvalue weighted by Gasteiger charge is 1.91. The lowest BCUT2D eigenvalue weighted by atomic mass is 10.2. The highest BCUT2D eigenvalue weighted by Crippen LogP contribution is 1.93. The summed E-state index contributed by atoms with van der Waals surface area (Å²) in [6.45, 7) is 12.5. The highest BCUT2D eigenvalue weighted by molar-refractivity contribution is 6.29. The van der Waals surface area contributed by atoms with E-state index in [0.29, 0.717) is 11.8 Å². The fourth-order valence-corrected chi connectivity index (χ4v) is 0.763. The van der Waals surface area contributed by atoms with E-state index in [2.05, 4.69) is 37.7 Å². The zero-order valence-electron chi connectivity index (χ0n) is 9.54. The molecule has 0 fully saturated rings. The Balaban J connectivity index is 3.77. The molecule has 0 aromatic carbocycles. The van der Waals surface area contributed by atoms with E-state index >= 15 is 0 Å². The molecule has 2 nitrogen and oxygen atoms in total. The molecule has 0 aliphatic heterocycles. The van der Waals surface area contributed by atoms with Gasteiger partial charge in [0.2, 0.25) is 0 Å². The molecule has 2 heteroatoms. The Hall–Kier alpha value is -0.660. The molecule has 76 valence electrons. The van der Waals surface area contributed by atoms with Gasteiger partial charge in [-0.25, -0.2) is 0 Å². The van der Waals surface area contributed by atoms with E-state index in [9.17, 15) is 0 Å². The smallest absolute Gasteiger partial charge is 0.0495 e. The van der Waals surface area contributed by atoms with Gasteiger partial charge in [0, 0.05) is 25.0 Å². The van der Waals surface area contributed by atoms with E-state index < -0.39 is 0 Å². The van der Waals surface area contributed by atoms with E-state index in [1.807, 2.05) is 13.1 Å². The summed E-state index contributed by atoms with van der Waals surface area (Å²) in [5.41, 5.74) is 1.04. The van der Waals surface area contributed by atoms with Crippen LogP contribution in [0.15, 0.2) is 9.98 Å². The molecule has 0 aromatic rings. The van der Waals surface area contributed by atoms with Crippen LogP contribution in [0.1, 0.15) is 34.6 Å². The highest BCUT2D eigenvalue weighted by atomic mass is 14.8. The fraction of sp³-hybridized carbons (Fsp3) is 0.818. The lowest BCUT2D eigenvalue weighted by Crippen LogP contribution is -2.01. The van der Waals surface area contributed by atoms with Crippen LogP contribution in [0.2, 0.25) is 0 Å². The Morgan fingerprint density at radius 1 is 1.08 bits per heavy atom. The summed E-state index contributed by atoms with van der Waals surface area (Å²) in [4.78, 5) is 8.68. The number of hydrogen-bond donors (Lipinski definition) is 0. The molecule has 0 aliphatic rings. The first kappa shape index (κ1) is 12.3. The van der Waals surface area contributed by atoms with E-state index in [4.69, 9.17) is 0 Å². The number of hydrogen-bond acceptors (Lipinski definition) is 2. The zero-order valence-corrected chi connectivity index (χ0v) is 9.54. The molecular formula is C11H22N2. The van der Waals surface area contributed by atoms with Crippen molar-refractivity contribution >= 4 is 11.9 Å². The second kappa shape index (κ2) is 6.81. The molecule has 0 aromatic heterocycles. The van der Waals surface area contributed by atoms with Crippen LogP contribution in [0.5, 0.6) is 0 Å². The van der Waals surface area contributed by atoms with Gasteiger partial charge in [0.15, 0.2) is 0 Å². The van der Waals surface area contributed by atoms with Crippen LogP contribution in [-0.4, -0.2) is 25.0 Å². The van der Waals surface area contributed by atoms with Crippen LogP contribution in [0, 0.1) is 11.8 Å². The molecular weight excluding hydrogens is 160 g/mol. The first-order valence-corrected chi connectivity index (χ1v) is 5.03. The standard InChI is InChI=1S/C11H22N2/c1-9(2)6-12-8-11(5)13-7-10(3)4/h8-10H,6-7H2,1-5H3/b12-8+,13-11+. The monoisotopic (exact) mass is 182 g/mol. The maximum absolute atomic E-state index is 4.39. The zero-order chi connectivity index (χ0) is 10.3. The predicted molar refractivity (Wildman–Crippen MR) is 61.0 cm³/mol. The van der Waals surface area contributed by atoms with Gasteiger partial charge in [0.25, 0.3) is 0 Å². The molecule has 0 unspecified atom stereocenters. The maximum Gasteiger partial charge on any atom is 0.0495 e. The average molecular weight is 182 g/mol. The van der Waals surface area contributed by atoms with E-state index in [1.54, 1.807) is 0 Å². The van der Waals surface area contributed by atoms with Crippen LogP contribution in [-0.2, 0) is 0 Å². The molecule has 0 radical (unpaired) electrons. The van der Waals surface area contributed by atoms with Crippen LogP contribution in [0.4, 0.5) is 0 Å². The Labute approximate surface area is 82.2 Å². The van der Waals surface area contributed by atoms with Gasteiger partial charge in [0.05, 0.1) is 0 Å². The topological polar surface area (TPSA) is 24.7 Å². The van der Waals surface area contributed by atoms with Crippen LogP contribution in [0.25, 0.3) is 0 Å². The second-order valence-electron chi connectivity index (χ2n) is 4.26. The van der Waals surface area contributed by atoms with Gasteiger partial charge in [0.1, 0.15) is 0 Å². The molecule has 0 aliphatic carbocycles. The minimum atomic E-state index is 0.633. The van der Waals surface area contributed by atoms with Gasteiger partial charge in [-0.3, -0.25) is 9.98 Å². The third-order valence-electron chi connectivity index (χ3n) is 1.45. The predicted octanol–water partition coefficient (Wildman–Crippen LogP) is 2.83. The van der Waals surface area contributed by atoms with Gasteiger partial charge >= 0.3 is 0 Å². The summed E-state index contributed by atoms with van der Waals surface area (Å²) in [6.07, 6.45) is 1.88. The van der Waals surface area contributed by atoms with E-state index in [0.717, 1.165) is 18.8 Å². The van der Waals surface area contributed by atoms with Gasteiger partial charge in [-0.2, -0.15) is 0 Å². The third-order valence-corrected chi connectivity index (χ3v) is 1.45. The molecule has 13 heavy (non-hydrogen) atoms. The molecule has 0 N–H and O–H groups in total. The Morgan fingerprint density at radius 2 is 1.62 bits per heavy atom. The minimum Gasteiger partial charge on any atom is -0.291 e. The van der Waals surface area contributed by atoms with Crippen molar-refractivity contribution in [3.63, 3.8) is 0 Å². The lowest BCUT2D eigenvalue weighted by molar-refractivity contribution is 0.664. The van der Waals surface area contributed by atoms with Crippen molar-refractivity contribution in [2.75, 3.05) is 13.1 Å². The SMILES string of the molecule is CC(/C=N/CC(C)C)=N\CC(C)C. The second-order valence-corrected chi connectivity index (χ2v) is 4.26. The summed E-state index contributed by atoms with van der Waals surface area (Å²) >= 11 is 0. The molecule has 0 amide bonds. The quantitative estimate of drug-likeness (QED) is 0.584. The molecule has 0 atom stereocenters. The molecule has 0 rings (SSSR count). The van der Waals surface area contributed by atoms with Crippen LogP contribution in [0.3, 0.4) is 0 Å². The van der Waals surface area contributed by atoms with E-state index in [1.165, 1.54) is 0 Å². The van der Waals surface area contributed by atoms with Crippen molar-refractivity contribution in [1.82, 2.24) is 0 Å². The summed E-state index contributed by atoms with van der Waals surface area (Å²) < 4.78 is 0. The van der Waals surface area contributed by atoms with Crippen molar-refractivity contribution in [2.24, 2.45) is 21.8 Å². The van der Waals surface area contributed by atoms with Crippen molar-refractivity contribution in [1.29, 1.82) is 0 Å². The number of aliphatic imine (C=N–C) groups is 2. The van der Waals surface area contributed by atoms with Crippen molar-refractivity contribution in [2.45, 2.75) is 34.6 Å². The molecule has 0 spiro atoms. The van der Waals surface area contributed by atoms with Crippen LogP contribution < -0.4 is 0 Å². The van der Waals surface area contributed by atoms with Crippen LogP contribution >= 0.6 is 0 Å². The molecule has 0 bridgehead atoms.